The average Bonchev–Trinajstić information content (AvgIpc) is 2.46. The van der Waals surface area contributed by atoms with Crippen LogP contribution < -0.4 is 11.3 Å². The summed E-state index contributed by atoms with van der Waals surface area (Å²) in [6.45, 7) is 2.48. The lowest BCUT2D eigenvalue weighted by atomic mass is 9.55. The van der Waals surface area contributed by atoms with Crippen molar-refractivity contribution in [3.63, 3.8) is 0 Å². The van der Waals surface area contributed by atoms with E-state index in [0.717, 1.165) is 11.6 Å². The smallest absolute Gasteiger partial charge is 0.142 e. The second-order valence-corrected chi connectivity index (χ2v) is 7.25. The van der Waals surface area contributed by atoms with Crippen molar-refractivity contribution in [3.05, 3.63) is 29.3 Å². The van der Waals surface area contributed by atoms with Gasteiger partial charge in [0.1, 0.15) is 20.3 Å². The van der Waals surface area contributed by atoms with Crippen molar-refractivity contribution in [1.82, 2.24) is 0 Å². The summed E-state index contributed by atoms with van der Waals surface area (Å²) in [5, 5.41) is 0. The van der Waals surface area contributed by atoms with Crippen LogP contribution in [0.1, 0.15) is 43.7 Å². The molecule has 0 radical (unpaired) electrons. The molecule has 3 N–H and O–H groups in total. The summed E-state index contributed by atoms with van der Waals surface area (Å²) in [6, 6.07) is 6.67. The Labute approximate surface area is 128 Å². The van der Waals surface area contributed by atoms with E-state index in [1.807, 2.05) is 0 Å². The summed E-state index contributed by atoms with van der Waals surface area (Å²) in [4.78, 5) is 0. The zero-order valence-corrected chi connectivity index (χ0v) is 13.5. The summed E-state index contributed by atoms with van der Waals surface area (Å²) in [5.41, 5.74) is 7.21. The number of rotatable bonds is 2. The third-order valence-corrected chi connectivity index (χ3v) is 5.67. The third kappa shape index (κ3) is 2.48. The summed E-state index contributed by atoms with van der Waals surface area (Å²) >= 11 is 0. The molecule has 1 fully saturated rings. The number of aryl methyl sites for hydroxylation is 1. The standard InChI is InChI=1S/C18H28N3/c1-18-10-4-5-14(12-21(2)3)16(18)9-7-13-6-8-15(20-19)11-17(13)18/h6,8,11-12,14,16,20H,4-5,7,9-10,19H2,1-3H3/q+1. The van der Waals surface area contributed by atoms with Crippen molar-refractivity contribution in [2.75, 3.05) is 19.5 Å². The van der Waals surface area contributed by atoms with Crippen LogP contribution in [0.3, 0.4) is 0 Å². The number of anilines is 1. The number of nitrogens with one attached hydrogen (secondary N) is 1. The van der Waals surface area contributed by atoms with Gasteiger partial charge in [0.25, 0.3) is 0 Å². The van der Waals surface area contributed by atoms with E-state index in [1.165, 1.54) is 43.2 Å². The average molecular weight is 286 g/mol. The Morgan fingerprint density at radius 1 is 1.33 bits per heavy atom. The van der Waals surface area contributed by atoms with Gasteiger partial charge in [0, 0.05) is 11.6 Å². The van der Waals surface area contributed by atoms with Crippen LogP contribution in [-0.2, 0) is 11.8 Å². The molecule has 3 rings (SSSR count). The van der Waals surface area contributed by atoms with Gasteiger partial charge in [0.2, 0.25) is 0 Å². The van der Waals surface area contributed by atoms with Crippen molar-refractivity contribution in [1.29, 1.82) is 0 Å². The first kappa shape index (κ1) is 14.6. The number of hydrogen-bond acceptors (Lipinski definition) is 2. The third-order valence-electron chi connectivity index (χ3n) is 5.67. The van der Waals surface area contributed by atoms with E-state index in [9.17, 15) is 0 Å². The van der Waals surface area contributed by atoms with Gasteiger partial charge in [-0.05, 0) is 60.3 Å². The quantitative estimate of drug-likeness (QED) is 0.380. The lowest BCUT2D eigenvalue weighted by Crippen LogP contribution is -2.45. The molecular formula is C18H28N3+. The van der Waals surface area contributed by atoms with E-state index < -0.39 is 0 Å². The van der Waals surface area contributed by atoms with Crippen LogP contribution in [0.4, 0.5) is 5.69 Å². The van der Waals surface area contributed by atoms with E-state index in [0.29, 0.717) is 11.3 Å². The minimum absolute atomic E-state index is 0.301. The van der Waals surface area contributed by atoms with Gasteiger partial charge in [-0.15, -0.1) is 0 Å². The molecule has 0 bridgehead atoms. The molecule has 114 valence electrons. The van der Waals surface area contributed by atoms with Gasteiger partial charge in [-0.2, -0.15) is 0 Å². The molecule has 3 nitrogen and oxygen atoms in total. The molecule has 3 unspecified atom stereocenters. The minimum atomic E-state index is 0.301. The highest BCUT2D eigenvalue weighted by molar-refractivity contribution is 5.58. The first-order valence-electron chi connectivity index (χ1n) is 8.16. The molecule has 3 atom stereocenters. The highest BCUT2D eigenvalue weighted by Gasteiger charge is 2.46. The van der Waals surface area contributed by atoms with E-state index in [-0.39, 0.29) is 0 Å². The van der Waals surface area contributed by atoms with Crippen molar-refractivity contribution >= 4 is 11.9 Å². The van der Waals surface area contributed by atoms with E-state index in [1.54, 1.807) is 0 Å². The Bertz CT molecular complexity index is 560. The molecule has 0 saturated heterocycles. The molecule has 2 aliphatic rings. The molecular weight excluding hydrogens is 258 g/mol. The second kappa shape index (κ2) is 5.45. The van der Waals surface area contributed by atoms with Gasteiger partial charge >= 0.3 is 0 Å². The molecule has 1 saturated carbocycles. The first-order valence-corrected chi connectivity index (χ1v) is 8.16. The molecule has 0 aromatic heterocycles. The number of hydrogen-bond donors (Lipinski definition) is 2. The predicted molar refractivity (Wildman–Crippen MR) is 88.9 cm³/mol. The topological polar surface area (TPSA) is 41.1 Å². The Kier molecular flexibility index (Phi) is 3.78. The Balaban J connectivity index is 2.03. The number of nitrogens with zero attached hydrogens (tertiary/aromatic N) is 1. The molecule has 0 heterocycles. The number of nitrogen functional groups attached to an aromatic ring is 1. The maximum atomic E-state index is 5.62. The van der Waals surface area contributed by atoms with Gasteiger partial charge in [0.15, 0.2) is 0 Å². The van der Waals surface area contributed by atoms with Gasteiger partial charge in [0.05, 0.1) is 0 Å². The van der Waals surface area contributed by atoms with Crippen molar-refractivity contribution < 1.29 is 4.58 Å². The van der Waals surface area contributed by atoms with Crippen molar-refractivity contribution in [2.24, 2.45) is 17.7 Å². The fourth-order valence-electron chi connectivity index (χ4n) is 4.72. The van der Waals surface area contributed by atoms with Crippen LogP contribution in [0.15, 0.2) is 18.2 Å². The first-order chi connectivity index (χ1) is 10.0. The molecule has 3 heteroatoms. The van der Waals surface area contributed by atoms with Gasteiger partial charge in [-0.1, -0.05) is 19.4 Å². The van der Waals surface area contributed by atoms with E-state index in [4.69, 9.17) is 5.84 Å². The monoisotopic (exact) mass is 286 g/mol. The lowest BCUT2D eigenvalue weighted by Gasteiger charge is -2.49. The molecule has 0 aliphatic heterocycles. The summed E-state index contributed by atoms with van der Waals surface area (Å²) in [7, 11) is 4.30. The molecule has 21 heavy (non-hydrogen) atoms. The highest BCUT2D eigenvalue weighted by atomic mass is 15.2. The summed E-state index contributed by atoms with van der Waals surface area (Å²) < 4.78 is 2.24. The van der Waals surface area contributed by atoms with Crippen LogP contribution in [-0.4, -0.2) is 24.9 Å². The summed E-state index contributed by atoms with van der Waals surface area (Å²) in [5.74, 6) is 7.09. The largest absolute Gasteiger partial charge is 0.324 e. The second-order valence-electron chi connectivity index (χ2n) is 7.25. The van der Waals surface area contributed by atoms with Crippen LogP contribution >= 0.6 is 0 Å². The van der Waals surface area contributed by atoms with Crippen LogP contribution in [0.5, 0.6) is 0 Å². The van der Waals surface area contributed by atoms with Crippen LogP contribution in [0.2, 0.25) is 0 Å². The molecule has 1 aromatic rings. The van der Waals surface area contributed by atoms with Gasteiger partial charge < -0.3 is 5.43 Å². The highest BCUT2D eigenvalue weighted by Crippen LogP contribution is 2.52. The Hall–Kier alpha value is -1.35. The fourth-order valence-corrected chi connectivity index (χ4v) is 4.72. The van der Waals surface area contributed by atoms with Gasteiger partial charge in [-0.3, -0.25) is 5.84 Å². The normalized spacial score (nSPS) is 31.0. The van der Waals surface area contributed by atoms with E-state index in [2.05, 4.69) is 55.4 Å². The Morgan fingerprint density at radius 3 is 2.86 bits per heavy atom. The van der Waals surface area contributed by atoms with Crippen LogP contribution in [0.25, 0.3) is 0 Å². The zero-order chi connectivity index (χ0) is 15.0. The zero-order valence-electron chi connectivity index (χ0n) is 13.5. The molecule has 0 amide bonds. The fraction of sp³-hybridized carbons (Fsp3) is 0.611. The van der Waals surface area contributed by atoms with Gasteiger partial charge in [-0.25, -0.2) is 4.58 Å². The van der Waals surface area contributed by atoms with Crippen LogP contribution in [0, 0.1) is 11.8 Å². The Morgan fingerprint density at radius 2 is 2.14 bits per heavy atom. The maximum absolute atomic E-state index is 5.62. The number of hydrazine groups is 1. The number of fused-ring (bicyclic) bond motifs is 3. The molecule has 2 aliphatic carbocycles. The summed E-state index contributed by atoms with van der Waals surface area (Å²) in [6.07, 6.45) is 8.92. The van der Waals surface area contributed by atoms with E-state index >= 15 is 0 Å². The maximum Gasteiger partial charge on any atom is 0.142 e. The number of nitrogens with two attached hydrogens (primary N) is 1. The molecule has 0 spiro atoms. The van der Waals surface area contributed by atoms with Crippen molar-refractivity contribution in [3.8, 4) is 0 Å². The minimum Gasteiger partial charge on any atom is -0.324 e. The van der Waals surface area contributed by atoms with Crippen molar-refractivity contribution in [2.45, 2.75) is 44.4 Å². The SMILES string of the molecule is C[N+](C)=CC1CCCC2(C)c3cc(NN)ccc3CCC12. The lowest BCUT2D eigenvalue weighted by molar-refractivity contribution is -0.462. The number of benzene rings is 1. The molecule has 1 aromatic carbocycles. The predicted octanol–water partition coefficient (Wildman–Crippen LogP) is 2.94.